The molecule has 4 rings (SSSR count). The molecule has 0 saturated carbocycles. The summed E-state index contributed by atoms with van der Waals surface area (Å²) in [4.78, 5) is 16.8. The number of nitro groups is 1. The van der Waals surface area contributed by atoms with Gasteiger partial charge in [0.15, 0.2) is 0 Å². The van der Waals surface area contributed by atoms with Crippen molar-refractivity contribution in [1.82, 2.24) is 0 Å². The molecule has 1 aromatic heterocycles. The van der Waals surface area contributed by atoms with E-state index in [2.05, 4.69) is 45.1 Å². The molecule has 0 spiro atoms. The SMILES string of the molecule is COc1ccc([N+](=O)[O-])cc1N=c1ssc2c1-c1cc(C)c(C)cc1NC2(C)C. The number of nitrogens with one attached hydrogen (secondary N) is 1. The minimum absolute atomic E-state index is 0.00693. The van der Waals surface area contributed by atoms with E-state index in [1.807, 2.05) is 0 Å². The molecule has 0 saturated heterocycles. The predicted octanol–water partition coefficient (Wildman–Crippen LogP) is 5.90. The van der Waals surface area contributed by atoms with Crippen molar-refractivity contribution in [2.45, 2.75) is 33.2 Å². The number of anilines is 1. The number of hydrogen-bond acceptors (Lipinski definition) is 7. The fourth-order valence-electron chi connectivity index (χ4n) is 3.50. The van der Waals surface area contributed by atoms with Crippen LogP contribution in [0, 0.1) is 24.0 Å². The average molecular weight is 428 g/mol. The summed E-state index contributed by atoms with van der Waals surface area (Å²) in [7, 11) is 4.81. The van der Waals surface area contributed by atoms with E-state index in [1.165, 1.54) is 28.1 Å². The Morgan fingerprint density at radius 1 is 1.14 bits per heavy atom. The standard InChI is InChI=1S/C21H21N3O3S2/c1-11-8-14-15(9-12(11)2)23-21(3,4)19-18(14)20(29-28-19)22-16-10-13(24(25)26)6-7-17(16)27-5/h6-10,23H,1-5H3. The summed E-state index contributed by atoms with van der Waals surface area (Å²) >= 11 is 0. The first kappa shape index (κ1) is 19.6. The number of fused-ring (bicyclic) bond motifs is 3. The number of aryl methyl sites for hydroxylation is 2. The number of nitro benzene ring substituents is 1. The molecule has 0 bridgehead atoms. The first-order chi connectivity index (χ1) is 13.7. The lowest BCUT2D eigenvalue weighted by atomic mass is 9.88. The highest BCUT2D eigenvalue weighted by Gasteiger charge is 2.34. The highest BCUT2D eigenvalue weighted by Crippen LogP contribution is 2.46. The zero-order valence-corrected chi connectivity index (χ0v) is 18.5. The van der Waals surface area contributed by atoms with E-state index in [4.69, 9.17) is 9.73 Å². The third kappa shape index (κ3) is 3.32. The molecule has 0 fully saturated rings. The molecule has 0 radical (unpaired) electrons. The summed E-state index contributed by atoms with van der Waals surface area (Å²) in [6.07, 6.45) is 0. The van der Waals surface area contributed by atoms with Gasteiger partial charge in [0.05, 0.1) is 22.4 Å². The molecule has 29 heavy (non-hydrogen) atoms. The summed E-state index contributed by atoms with van der Waals surface area (Å²) in [5.74, 6) is 0.510. The Labute approximate surface area is 176 Å². The number of hydrogen-bond donors (Lipinski definition) is 1. The maximum Gasteiger partial charge on any atom is 0.271 e. The lowest BCUT2D eigenvalue weighted by molar-refractivity contribution is -0.384. The van der Waals surface area contributed by atoms with Crippen molar-refractivity contribution >= 4 is 37.7 Å². The Balaban J connectivity index is 2.00. The smallest absolute Gasteiger partial charge is 0.271 e. The van der Waals surface area contributed by atoms with E-state index in [0.717, 1.165) is 21.5 Å². The van der Waals surface area contributed by atoms with Crippen molar-refractivity contribution in [3.8, 4) is 16.9 Å². The Morgan fingerprint density at radius 3 is 2.55 bits per heavy atom. The third-order valence-electron chi connectivity index (χ3n) is 5.16. The van der Waals surface area contributed by atoms with Gasteiger partial charge in [0.1, 0.15) is 16.1 Å². The normalized spacial score (nSPS) is 14.7. The molecule has 8 heteroatoms. The monoisotopic (exact) mass is 427 g/mol. The average Bonchev–Trinajstić information content (AvgIpc) is 3.08. The molecule has 1 N–H and O–H groups in total. The van der Waals surface area contributed by atoms with Gasteiger partial charge in [-0.1, -0.05) is 20.7 Å². The predicted molar refractivity (Wildman–Crippen MR) is 119 cm³/mol. The van der Waals surface area contributed by atoms with Crippen LogP contribution in [0.1, 0.15) is 29.9 Å². The second-order valence-electron chi connectivity index (χ2n) is 7.63. The van der Waals surface area contributed by atoms with Crippen LogP contribution in [-0.2, 0) is 5.54 Å². The third-order valence-corrected chi connectivity index (χ3v) is 7.80. The zero-order chi connectivity index (χ0) is 20.9. The van der Waals surface area contributed by atoms with E-state index in [1.54, 1.807) is 33.9 Å². The van der Waals surface area contributed by atoms with Crippen LogP contribution in [0.25, 0.3) is 11.1 Å². The lowest BCUT2D eigenvalue weighted by Crippen LogP contribution is -2.31. The molecular weight excluding hydrogens is 406 g/mol. The van der Waals surface area contributed by atoms with Gasteiger partial charge in [0, 0.05) is 28.9 Å². The highest BCUT2D eigenvalue weighted by atomic mass is 32.9. The van der Waals surface area contributed by atoms with Gasteiger partial charge < -0.3 is 10.1 Å². The lowest BCUT2D eigenvalue weighted by Gasteiger charge is -2.34. The summed E-state index contributed by atoms with van der Waals surface area (Å²) in [6, 6.07) is 8.85. The number of nitrogens with zero attached hydrogens (tertiary/aromatic N) is 2. The molecule has 2 aromatic carbocycles. The topological polar surface area (TPSA) is 76.8 Å². The first-order valence-corrected chi connectivity index (χ1v) is 11.3. The summed E-state index contributed by atoms with van der Waals surface area (Å²) in [6.45, 7) is 8.52. The molecule has 0 atom stereocenters. The van der Waals surface area contributed by atoms with Crippen LogP contribution in [0.2, 0.25) is 0 Å². The molecule has 1 aliphatic rings. The van der Waals surface area contributed by atoms with Crippen LogP contribution < -0.4 is 14.7 Å². The van der Waals surface area contributed by atoms with Gasteiger partial charge in [-0.15, -0.1) is 0 Å². The zero-order valence-electron chi connectivity index (χ0n) is 16.8. The van der Waals surface area contributed by atoms with E-state index in [0.29, 0.717) is 11.4 Å². The first-order valence-electron chi connectivity index (χ1n) is 9.12. The molecule has 150 valence electrons. The van der Waals surface area contributed by atoms with Crippen LogP contribution in [-0.4, -0.2) is 12.0 Å². The number of ether oxygens (including phenoxy) is 1. The molecule has 2 heterocycles. The van der Waals surface area contributed by atoms with Crippen molar-refractivity contribution in [3.63, 3.8) is 0 Å². The number of non-ortho nitro benzene ring substituents is 1. The Bertz CT molecular complexity index is 1210. The fourth-order valence-corrected chi connectivity index (χ4v) is 6.43. The summed E-state index contributed by atoms with van der Waals surface area (Å²) < 4.78 is 6.23. The van der Waals surface area contributed by atoms with Gasteiger partial charge in [0.25, 0.3) is 5.69 Å². The van der Waals surface area contributed by atoms with Crippen LogP contribution >= 0.6 is 20.7 Å². The van der Waals surface area contributed by atoms with Gasteiger partial charge in [-0.25, -0.2) is 4.99 Å². The molecular formula is C21H21N3O3S2. The number of methoxy groups -OCH3 is 1. The molecule has 3 aromatic rings. The largest absolute Gasteiger partial charge is 0.494 e. The van der Waals surface area contributed by atoms with E-state index < -0.39 is 4.92 Å². The van der Waals surface area contributed by atoms with Crippen LogP contribution in [0.4, 0.5) is 17.1 Å². The van der Waals surface area contributed by atoms with Gasteiger partial charge in [0.2, 0.25) is 0 Å². The van der Waals surface area contributed by atoms with Crippen molar-refractivity contribution < 1.29 is 9.66 Å². The molecule has 0 aliphatic carbocycles. The van der Waals surface area contributed by atoms with Gasteiger partial charge in [-0.3, -0.25) is 10.1 Å². The number of rotatable bonds is 3. The minimum atomic E-state index is -0.417. The molecule has 1 aliphatic heterocycles. The summed E-state index contributed by atoms with van der Waals surface area (Å²) in [5.41, 5.74) is 5.95. The van der Waals surface area contributed by atoms with Gasteiger partial charge in [-0.05, 0) is 57.0 Å². The van der Waals surface area contributed by atoms with Crippen LogP contribution in [0.15, 0.2) is 35.3 Å². The minimum Gasteiger partial charge on any atom is -0.494 e. The number of benzene rings is 2. The second-order valence-corrected chi connectivity index (χ2v) is 9.76. The maximum atomic E-state index is 11.2. The Hall–Kier alpha value is -2.71. The Morgan fingerprint density at radius 2 is 1.86 bits per heavy atom. The van der Waals surface area contributed by atoms with Crippen molar-refractivity contribution in [2.24, 2.45) is 4.99 Å². The maximum absolute atomic E-state index is 11.2. The Kier molecular flexibility index (Phi) is 4.71. The van der Waals surface area contributed by atoms with E-state index in [-0.39, 0.29) is 11.2 Å². The van der Waals surface area contributed by atoms with E-state index >= 15 is 0 Å². The summed E-state index contributed by atoms with van der Waals surface area (Å²) in [5, 5.41) is 14.9. The molecule has 0 unspecified atom stereocenters. The van der Waals surface area contributed by atoms with Crippen molar-refractivity contribution in [1.29, 1.82) is 0 Å². The fraction of sp³-hybridized carbons (Fsp3) is 0.286. The van der Waals surface area contributed by atoms with E-state index in [9.17, 15) is 10.1 Å². The quantitative estimate of drug-likeness (QED) is 0.320. The van der Waals surface area contributed by atoms with Crippen LogP contribution in [0.3, 0.4) is 0 Å². The van der Waals surface area contributed by atoms with Gasteiger partial charge in [-0.2, -0.15) is 0 Å². The van der Waals surface area contributed by atoms with Gasteiger partial charge >= 0.3 is 0 Å². The molecule has 6 nitrogen and oxygen atoms in total. The van der Waals surface area contributed by atoms with Crippen molar-refractivity contribution in [3.05, 3.63) is 61.1 Å². The highest BCUT2D eigenvalue weighted by molar-refractivity contribution is 7.68. The van der Waals surface area contributed by atoms with Crippen molar-refractivity contribution in [2.75, 3.05) is 12.4 Å². The molecule has 0 amide bonds. The second kappa shape index (κ2) is 6.96. The van der Waals surface area contributed by atoms with Crippen LogP contribution in [0.5, 0.6) is 5.75 Å².